The average molecular weight is 490 g/mol. The number of imide groups is 1. The second-order valence-corrected chi connectivity index (χ2v) is 10.1. The lowest BCUT2D eigenvalue weighted by Gasteiger charge is -2.22. The molecule has 0 radical (unpaired) electrons. The number of methoxy groups -OCH3 is 1. The van der Waals surface area contributed by atoms with Crippen LogP contribution in [-0.2, 0) is 20.5 Å². The van der Waals surface area contributed by atoms with Gasteiger partial charge < -0.3 is 15.4 Å². The predicted molar refractivity (Wildman–Crippen MR) is 136 cm³/mol. The lowest BCUT2D eigenvalue weighted by molar-refractivity contribution is -0.133. The van der Waals surface area contributed by atoms with Crippen LogP contribution in [0.1, 0.15) is 44.5 Å². The van der Waals surface area contributed by atoms with Crippen molar-refractivity contribution in [2.24, 2.45) is 0 Å². The van der Waals surface area contributed by atoms with Crippen LogP contribution in [0.3, 0.4) is 0 Å². The third kappa shape index (κ3) is 4.68. The molecule has 0 aliphatic carbocycles. The van der Waals surface area contributed by atoms with E-state index in [9.17, 15) is 14.4 Å². The Balaban J connectivity index is 1.56. The van der Waals surface area contributed by atoms with E-state index in [4.69, 9.17) is 9.84 Å². The smallest absolute Gasteiger partial charge is 0.325 e. The summed E-state index contributed by atoms with van der Waals surface area (Å²) in [5, 5.41) is 10.3. The molecule has 0 bridgehead atoms. The van der Waals surface area contributed by atoms with Crippen molar-refractivity contribution in [1.29, 1.82) is 0 Å². The van der Waals surface area contributed by atoms with Crippen molar-refractivity contribution in [3.8, 4) is 11.4 Å². The Morgan fingerprint density at radius 2 is 1.81 bits per heavy atom. The highest BCUT2D eigenvalue weighted by atomic mass is 16.5. The summed E-state index contributed by atoms with van der Waals surface area (Å²) in [4.78, 5) is 40.0. The van der Waals surface area contributed by atoms with E-state index in [0.29, 0.717) is 17.1 Å². The van der Waals surface area contributed by atoms with Crippen molar-refractivity contribution >= 4 is 23.7 Å². The van der Waals surface area contributed by atoms with Crippen molar-refractivity contribution in [2.75, 3.05) is 19.0 Å². The quantitative estimate of drug-likeness (QED) is 0.511. The Hall–Kier alpha value is -4.14. The Kier molecular flexibility index (Phi) is 6.34. The van der Waals surface area contributed by atoms with Gasteiger partial charge in [-0.3, -0.25) is 14.5 Å². The zero-order chi connectivity index (χ0) is 26.3. The number of rotatable bonds is 6. The van der Waals surface area contributed by atoms with Crippen molar-refractivity contribution in [2.45, 2.75) is 45.6 Å². The highest BCUT2D eigenvalue weighted by molar-refractivity contribution is 6.10. The van der Waals surface area contributed by atoms with Crippen molar-refractivity contribution in [3.63, 3.8) is 0 Å². The van der Waals surface area contributed by atoms with Crippen LogP contribution in [0.15, 0.2) is 54.6 Å². The molecule has 1 saturated heterocycles. The largest absolute Gasteiger partial charge is 0.497 e. The summed E-state index contributed by atoms with van der Waals surface area (Å²) >= 11 is 0. The lowest BCUT2D eigenvalue weighted by atomic mass is 9.92. The Labute approximate surface area is 210 Å². The van der Waals surface area contributed by atoms with Crippen LogP contribution >= 0.6 is 0 Å². The van der Waals surface area contributed by atoms with Gasteiger partial charge in [0.15, 0.2) is 0 Å². The fraction of sp³-hybridized carbons (Fsp3) is 0.333. The Bertz CT molecular complexity index is 1320. The highest BCUT2D eigenvalue weighted by Crippen LogP contribution is 2.30. The molecule has 188 valence electrons. The monoisotopic (exact) mass is 489 g/mol. The fourth-order valence-electron chi connectivity index (χ4n) is 4.08. The van der Waals surface area contributed by atoms with E-state index in [-0.39, 0.29) is 5.41 Å². The molecule has 9 heteroatoms. The van der Waals surface area contributed by atoms with Crippen LogP contribution in [0.2, 0.25) is 0 Å². The first-order valence-electron chi connectivity index (χ1n) is 11.7. The molecule has 0 spiro atoms. The second kappa shape index (κ2) is 9.14. The number of hydrogen-bond donors (Lipinski definition) is 2. The SMILES string of the molecule is COc1ccc(C2(C)NC(=O)N(CC(=O)Nc3cc(C(C)(C)C)nn3-c3cccc(C)c3)C2=O)cc1. The molecular weight excluding hydrogens is 458 g/mol. The first-order valence-corrected chi connectivity index (χ1v) is 11.7. The number of benzene rings is 2. The molecule has 0 saturated carbocycles. The molecule has 2 heterocycles. The van der Waals surface area contributed by atoms with Crippen LogP contribution in [0.5, 0.6) is 5.75 Å². The van der Waals surface area contributed by atoms with Gasteiger partial charge in [-0.2, -0.15) is 5.10 Å². The second-order valence-electron chi connectivity index (χ2n) is 10.1. The van der Waals surface area contributed by atoms with Gasteiger partial charge >= 0.3 is 6.03 Å². The normalized spacial score (nSPS) is 17.8. The molecule has 1 unspecified atom stereocenters. The zero-order valence-electron chi connectivity index (χ0n) is 21.4. The number of nitrogens with zero attached hydrogens (tertiary/aromatic N) is 3. The molecule has 2 N–H and O–H groups in total. The predicted octanol–water partition coefficient (Wildman–Crippen LogP) is 3.89. The average Bonchev–Trinajstić information content (AvgIpc) is 3.34. The van der Waals surface area contributed by atoms with Gasteiger partial charge in [-0.05, 0) is 49.2 Å². The fourth-order valence-corrected chi connectivity index (χ4v) is 4.08. The molecule has 36 heavy (non-hydrogen) atoms. The van der Waals surface area contributed by atoms with Crippen LogP contribution in [0.4, 0.5) is 10.6 Å². The first kappa shape index (κ1) is 25.0. The maximum absolute atomic E-state index is 13.3. The third-order valence-electron chi connectivity index (χ3n) is 6.24. The number of ether oxygens (including phenoxy) is 1. The molecule has 2 aromatic carbocycles. The molecular formula is C27H31N5O4. The first-order chi connectivity index (χ1) is 16.9. The molecule has 1 aliphatic rings. The van der Waals surface area contributed by atoms with Gasteiger partial charge in [0.05, 0.1) is 18.5 Å². The van der Waals surface area contributed by atoms with E-state index in [0.717, 1.165) is 21.8 Å². The minimum Gasteiger partial charge on any atom is -0.497 e. The third-order valence-corrected chi connectivity index (χ3v) is 6.24. The van der Waals surface area contributed by atoms with E-state index in [1.54, 1.807) is 43.0 Å². The van der Waals surface area contributed by atoms with Gasteiger partial charge in [0.2, 0.25) is 5.91 Å². The number of carbonyl (C=O) groups excluding carboxylic acids is 3. The summed E-state index contributed by atoms with van der Waals surface area (Å²) < 4.78 is 6.84. The van der Waals surface area contributed by atoms with E-state index in [1.807, 2.05) is 58.0 Å². The number of amides is 4. The molecule has 1 atom stereocenters. The van der Waals surface area contributed by atoms with Gasteiger partial charge in [-0.25, -0.2) is 9.48 Å². The summed E-state index contributed by atoms with van der Waals surface area (Å²) in [6.45, 7) is 9.28. The molecule has 4 amide bonds. The summed E-state index contributed by atoms with van der Waals surface area (Å²) in [5.74, 6) is 0.0813. The zero-order valence-corrected chi connectivity index (χ0v) is 21.4. The maximum Gasteiger partial charge on any atom is 0.325 e. The molecule has 1 fully saturated rings. The van der Waals surface area contributed by atoms with E-state index < -0.39 is 29.9 Å². The van der Waals surface area contributed by atoms with Crippen LogP contribution < -0.4 is 15.4 Å². The van der Waals surface area contributed by atoms with E-state index in [2.05, 4.69) is 10.6 Å². The number of urea groups is 1. The van der Waals surface area contributed by atoms with Gasteiger partial charge in [-0.15, -0.1) is 0 Å². The van der Waals surface area contributed by atoms with Gasteiger partial charge in [0.25, 0.3) is 5.91 Å². The molecule has 1 aromatic heterocycles. The Morgan fingerprint density at radius 3 is 2.42 bits per heavy atom. The van der Waals surface area contributed by atoms with E-state index in [1.165, 1.54) is 0 Å². The minimum absolute atomic E-state index is 0.250. The number of carbonyl (C=O) groups is 3. The molecule has 3 aromatic rings. The van der Waals surface area contributed by atoms with Crippen LogP contribution in [-0.4, -0.2) is 46.2 Å². The number of aryl methyl sites for hydroxylation is 1. The Morgan fingerprint density at radius 1 is 1.11 bits per heavy atom. The number of nitrogens with one attached hydrogen (secondary N) is 2. The topological polar surface area (TPSA) is 106 Å². The van der Waals surface area contributed by atoms with Gasteiger partial charge in [0, 0.05) is 11.5 Å². The van der Waals surface area contributed by atoms with Crippen molar-refractivity contribution in [1.82, 2.24) is 20.0 Å². The molecule has 4 rings (SSSR count). The van der Waals surface area contributed by atoms with Gasteiger partial charge in [-0.1, -0.05) is 45.0 Å². The van der Waals surface area contributed by atoms with E-state index >= 15 is 0 Å². The van der Waals surface area contributed by atoms with Crippen molar-refractivity contribution in [3.05, 3.63) is 71.4 Å². The molecule has 9 nitrogen and oxygen atoms in total. The number of aromatic nitrogens is 2. The summed E-state index contributed by atoms with van der Waals surface area (Å²) in [6.07, 6.45) is 0. The standard InChI is InChI=1S/C27H31N5O4/c1-17-8-7-9-19(14-17)32-22(15-21(30-32)26(2,3)4)28-23(33)16-31-24(34)27(5,29-25(31)35)18-10-12-20(36-6)13-11-18/h7-15H,16H2,1-6H3,(H,28,33)(H,29,35). The molecule has 1 aliphatic heterocycles. The van der Waals surface area contributed by atoms with Gasteiger partial charge in [0.1, 0.15) is 23.7 Å². The lowest BCUT2D eigenvalue weighted by Crippen LogP contribution is -2.42. The minimum atomic E-state index is -1.29. The maximum atomic E-state index is 13.3. The number of anilines is 1. The summed E-state index contributed by atoms with van der Waals surface area (Å²) in [5.41, 5.74) is 1.70. The number of hydrogen-bond acceptors (Lipinski definition) is 5. The summed E-state index contributed by atoms with van der Waals surface area (Å²) in [7, 11) is 1.55. The van der Waals surface area contributed by atoms with Crippen molar-refractivity contribution < 1.29 is 19.1 Å². The highest BCUT2D eigenvalue weighted by Gasteiger charge is 2.49. The van der Waals surface area contributed by atoms with Crippen LogP contribution in [0.25, 0.3) is 5.69 Å². The van der Waals surface area contributed by atoms with Crippen LogP contribution in [0, 0.1) is 6.92 Å². The summed E-state index contributed by atoms with van der Waals surface area (Å²) in [6, 6.07) is 15.8.